The van der Waals surface area contributed by atoms with Crippen LogP contribution in [0.5, 0.6) is 0 Å². The lowest BCUT2D eigenvalue weighted by Crippen LogP contribution is -2.42. The Balaban J connectivity index is 1.41. The van der Waals surface area contributed by atoms with Gasteiger partial charge in [-0.1, -0.05) is 55.0 Å². The zero-order valence-corrected chi connectivity index (χ0v) is 16.3. The second-order valence-electron chi connectivity index (χ2n) is 8.01. The van der Waals surface area contributed by atoms with Crippen LogP contribution in [0, 0.1) is 0 Å². The second-order valence-corrected chi connectivity index (χ2v) is 8.01. The molecule has 1 aliphatic carbocycles. The van der Waals surface area contributed by atoms with Crippen LogP contribution in [0.2, 0.25) is 0 Å². The molecule has 0 spiro atoms. The molecule has 2 aromatic carbocycles. The van der Waals surface area contributed by atoms with Crippen LogP contribution in [0.15, 0.2) is 48.5 Å². The number of ether oxygens (including phenoxy) is 4. The summed E-state index contributed by atoms with van der Waals surface area (Å²) >= 11 is 0. The van der Waals surface area contributed by atoms with Crippen molar-refractivity contribution >= 4 is 0 Å². The molecular weight excluding hydrogens is 352 g/mol. The highest BCUT2D eigenvalue weighted by molar-refractivity contribution is 5.31. The number of benzene rings is 2. The molecule has 5 rings (SSSR count). The molecule has 2 aromatic rings. The molecule has 1 saturated carbocycles. The van der Waals surface area contributed by atoms with E-state index in [1.165, 1.54) is 17.5 Å². The fourth-order valence-electron chi connectivity index (χ4n) is 4.65. The van der Waals surface area contributed by atoms with Crippen molar-refractivity contribution in [2.75, 3.05) is 13.2 Å². The quantitative estimate of drug-likeness (QED) is 0.681. The van der Waals surface area contributed by atoms with Crippen LogP contribution >= 0.6 is 0 Å². The van der Waals surface area contributed by atoms with Gasteiger partial charge in [0, 0.05) is 24.0 Å². The highest BCUT2D eigenvalue weighted by Gasteiger charge is 2.42. The molecule has 0 bridgehead atoms. The Morgan fingerprint density at radius 1 is 0.679 bits per heavy atom. The summed E-state index contributed by atoms with van der Waals surface area (Å²) in [5.41, 5.74) is 4.88. The standard InChI is InChI=1S/C24H28O4/c1-6-14-24(15-7-1,27-22-20-10-4-2-8-18(20)12-16-25-22)28-23-21-11-5-3-9-19(21)13-17-26-23/h2-5,8-11,22-23H,1,6-7,12-17H2. The largest absolute Gasteiger partial charge is 0.348 e. The van der Waals surface area contributed by atoms with Crippen LogP contribution < -0.4 is 0 Å². The van der Waals surface area contributed by atoms with Crippen molar-refractivity contribution in [1.29, 1.82) is 0 Å². The van der Waals surface area contributed by atoms with Crippen LogP contribution in [0.1, 0.15) is 66.9 Å². The third-order valence-corrected chi connectivity index (χ3v) is 6.16. The van der Waals surface area contributed by atoms with Crippen LogP contribution in [-0.4, -0.2) is 19.0 Å². The van der Waals surface area contributed by atoms with Gasteiger partial charge < -0.3 is 18.9 Å². The molecule has 4 heteroatoms. The lowest BCUT2D eigenvalue weighted by atomic mass is 9.93. The van der Waals surface area contributed by atoms with Gasteiger partial charge in [0.15, 0.2) is 18.4 Å². The maximum atomic E-state index is 6.64. The fraction of sp³-hybridized carbons (Fsp3) is 0.500. The van der Waals surface area contributed by atoms with Crippen molar-refractivity contribution in [3.63, 3.8) is 0 Å². The van der Waals surface area contributed by atoms with E-state index in [0.29, 0.717) is 13.2 Å². The molecule has 148 valence electrons. The molecule has 2 unspecified atom stereocenters. The summed E-state index contributed by atoms with van der Waals surface area (Å²) in [7, 11) is 0. The first-order chi connectivity index (χ1) is 13.8. The molecule has 0 N–H and O–H groups in total. The van der Waals surface area contributed by atoms with Gasteiger partial charge in [-0.15, -0.1) is 0 Å². The monoisotopic (exact) mass is 380 g/mol. The lowest BCUT2D eigenvalue weighted by Gasteiger charge is -2.43. The predicted octanol–water partition coefficient (Wildman–Crippen LogP) is 5.22. The van der Waals surface area contributed by atoms with E-state index in [-0.39, 0.29) is 12.6 Å². The molecule has 28 heavy (non-hydrogen) atoms. The Labute approximate surface area is 166 Å². The first-order valence-corrected chi connectivity index (χ1v) is 10.6. The summed E-state index contributed by atoms with van der Waals surface area (Å²) in [5, 5.41) is 0. The van der Waals surface area contributed by atoms with Crippen LogP contribution in [0.4, 0.5) is 0 Å². The van der Waals surface area contributed by atoms with E-state index in [4.69, 9.17) is 18.9 Å². The molecule has 0 radical (unpaired) electrons. The summed E-state index contributed by atoms with van der Waals surface area (Å²) < 4.78 is 25.4. The summed E-state index contributed by atoms with van der Waals surface area (Å²) in [5.74, 6) is -0.664. The predicted molar refractivity (Wildman–Crippen MR) is 106 cm³/mol. The van der Waals surface area contributed by atoms with E-state index in [0.717, 1.165) is 49.7 Å². The molecule has 4 nitrogen and oxygen atoms in total. The van der Waals surface area contributed by atoms with Crippen molar-refractivity contribution in [2.45, 2.75) is 63.3 Å². The van der Waals surface area contributed by atoms with Gasteiger partial charge in [0.25, 0.3) is 0 Å². The van der Waals surface area contributed by atoms with E-state index in [2.05, 4.69) is 48.5 Å². The second kappa shape index (κ2) is 7.96. The molecule has 0 aromatic heterocycles. The van der Waals surface area contributed by atoms with Gasteiger partial charge in [0.1, 0.15) is 0 Å². The van der Waals surface area contributed by atoms with Crippen molar-refractivity contribution in [3.05, 3.63) is 70.8 Å². The highest BCUT2D eigenvalue weighted by Crippen LogP contribution is 2.43. The van der Waals surface area contributed by atoms with Crippen molar-refractivity contribution in [3.8, 4) is 0 Å². The van der Waals surface area contributed by atoms with Crippen LogP contribution in [0.3, 0.4) is 0 Å². The van der Waals surface area contributed by atoms with Gasteiger partial charge in [-0.2, -0.15) is 0 Å². The molecule has 2 heterocycles. The van der Waals surface area contributed by atoms with Gasteiger partial charge in [-0.3, -0.25) is 0 Å². The third-order valence-electron chi connectivity index (χ3n) is 6.16. The van der Waals surface area contributed by atoms with Gasteiger partial charge in [0.2, 0.25) is 0 Å². The first kappa shape index (κ1) is 18.3. The topological polar surface area (TPSA) is 36.9 Å². The Kier molecular flexibility index (Phi) is 5.20. The summed E-state index contributed by atoms with van der Waals surface area (Å²) in [6.07, 6.45) is 6.29. The molecule has 2 atom stereocenters. The van der Waals surface area contributed by atoms with E-state index < -0.39 is 5.79 Å². The average molecular weight is 380 g/mol. The number of hydrogen-bond acceptors (Lipinski definition) is 4. The van der Waals surface area contributed by atoms with Crippen molar-refractivity contribution < 1.29 is 18.9 Å². The summed E-state index contributed by atoms with van der Waals surface area (Å²) in [4.78, 5) is 0. The average Bonchev–Trinajstić information content (AvgIpc) is 2.75. The minimum absolute atomic E-state index is 0.373. The molecule has 1 fully saturated rings. The molecular formula is C24H28O4. The molecule has 2 aliphatic heterocycles. The minimum Gasteiger partial charge on any atom is -0.348 e. The van der Waals surface area contributed by atoms with Crippen LogP contribution in [-0.2, 0) is 31.8 Å². The maximum absolute atomic E-state index is 6.64. The van der Waals surface area contributed by atoms with Crippen molar-refractivity contribution in [2.24, 2.45) is 0 Å². The normalized spacial score (nSPS) is 26.3. The molecule has 0 saturated heterocycles. The van der Waals surface area contributed by atoms with Crippen LogP contribution in [0.25, 0.3) is 0 Å². The number of hydrogen-bond donors (Lipinski definition) is 0. The smallest absolute Gasteiger partial charge is 0.187 e. The summed E-state index contributed by atoms with van der Waals surface area (Å²) in [6.45, 7) is 1.36. The maximum Gasteiger partial charge on any atom is 0.187 e. The summed E-state index contributed by atoms with van der Waals surface area (Å²) in [6, 6.07) is 16.8. The van der Waals surface area contributed by atoms with Gasteiger partial charge >= 0.3 is 0 Å². The van der Waals surface area contributed by atoms with Crippen molar-refractivity contribution in [1.82, 2.24) is 0 Å². The number of rotatable bonds is 4. The van der Waals surface area contributed by atoms with E-state index >= 15 is 0 Å². The zero-order chi connectivity index (χ0) is 18.8. The lowest BCUT2D eigenvalue weighted by molar-refractivity contribution is -0.370. The zero-order valence-electron chi connectivity index (χ0n) is 16.3. The fourth-order valence-corrected chi connectivity index (χ4v) is 4.65. The van der Waals surface area contributed by atoms with E-state index in [1.807, 2.05) is 0 Å². The Hall–Kier alpha value is -1.72. The van der Waals surface area contributed by atoms with Gasteiger partial charge in [-0.25, -0.2) is 0 Å². The highest BCUT2D eigenvalue weighted by atomic mass is 16.8. The Morgan fingerprint density at radius 3 is 1.71 bits per heavy atom. The Morgan fingerprint density at radius 2 is 1.18 bits per heavy atom. The number of fused-ring (bicyclic) bond motifs is 2. The van der Waals surface area contributed by atoms with Gasteiger partial charge in [-0.05, 0) is 36.8 Å². The van der Waals surface area contributed by atoms with E-state index in [1.54, 1.807) is 0 Å². The minimum atomic E-state index is -0.664. The third kappa shape index (κ3) is 3.62. The molecule has 3 aliphatic rings. The first-order valence-electron chi connectivity index (χ1n) is 10.6. The van der Waals surface area contributed by atoms with Gasteiger partial charge in [0.05, 0.1) is 13.2 Å². The Bertz CT molecular complexity index is 750. The van der Waals surface area contributed by atoms with E-state index in [9.17, 15) is 0 Å². The molecule has 0 amide bonds. The SMILES string of the molecule is c1ccc2c(c1)CCOC2OC1(OC2OCCc3ccccc32)CCCCC1.